The molecule has 2 aromatic carbocycles. The van der Waals surface area contributed by atoms with E-state index in [1.54, 1.807) is 7.11 Å². The van der Waals surface area contributed by atoms with Crippen LogP contribution in [0.2, 0.25) is 0 Å². The summed E-state index contributed by atoms with van der Waals surface area (Å²) in [6.45, 7) is 2.09. The maximum Gasteiger partial charge on any atom is 0.174 e. The van der Waals surface area contributed by atoms with E-state index >= 15 is 0 Å². The van der Waals surface area contributed by atoms with Crippen molar-refractivity contribution in [3.05, 3.63) is 107 Å². The first-order valence-electron chi connectivity index (χ1n) is 10.7. The average molecular weight is 519 g/mol. The number of aromatic nitrogens is 2. The Labute approximate surface area is 207 Å². The van der Waals surface area contributed by atoms with E-state index < -0.39 is 0 Å². The lowest BCUT2D eigenvalue weighted by atomic mass is 10.0. The standard InChI is InChI=1S/C26H23BrN4OS/c1-17-15-19(11-12-21(17)27)31-25(24(29-26(31)33)22-9-3-4-13-28-22)23-10-6-14-30(23)18-7-5-8-20(16-18)32-2/h3-16,24-25H,1-2H3,(H,29,33)/t24-,25+/m1/s1. The Morgan fingerprint density at radius 1 is 1.00 bits per heavy atom. The molecule has 0 spiro atoms. The van der Waals surface area contributed by atoms with Gasteiger partial charge < -0.3 is 19.5 Å². The number of aryl methyl sites for hydroxylation is 1. The fraction of sp³-hybridized carbons (Fsp3) is 0.154. The fourth-order valence-corrected chi connectivity index (χ4v) is 4.94. The Hall–Kier alpha value is -3.16. The van der Waals surface area contributed by atoms with Gasteiger partial charge in [0.05, 0.1) is 18.8 Å². The minimum absolute atomic E-state index is 0.103. The van der Waals surface area contributed by atoms with E-state index in [1.165, 1.54) is 0 Å². The Morgan fingerprint density at radius 3 is 2.64 bits per heavy atom. The predicted octanol–water partition coefficient (Wildman–Crippen LogP) is 6.13. The van der Waals surface area contributed by atoms with Gasteiger partial charge in [0.25, 0.3) is 0 Å². The molecule has 1 aliphatic rings. The molecular weight excluding hydrogens is 496 g/mol. The number of hydrogen-bond acceptors (Lipinski definition) is 3. The minimum Gasteiger partial charge on any atom is -0.497 e. The van der Waals surface area contributed by atoms with Crippen molar-refractivity contribution in [1.82, 2.24) is 14.9 Å². The zero-order valence-electron chi connectivity index (χ0n) is 18.3. The van der Waals surface area contributed by atoms with Gasteiger partial charge in [0.15, 0.2) is 5.11 Å². The summed E-state index contributed by atoms with van der Waals surface area (Å²) in [5.74, 6) is 0.814. The average Bonchev–Trinajstić information content (AvgIpc) is 3.46. The van der Waals surface area contributed by atoms with Gasteiger partial charge in [-0.2, -0.15) is 0 Å². The van der Waals surface area contributed by atoms with Crippen LogP contribution in [0, 0.1) is 6.92 Å². The van der Waals surface area contributed by atoms with E-state index in [0.29, 0.717) is 5.11 Å². The van der Waals surface area contributed by atoms with Crippen LogP contribution in [0.5, 0.6) is 5.75 Å². The van der Waals surface area contributed by atoms with Gasteiger partial charge in [0.2, 0.25) is 0 Å². The zero-order valence-corrected chi connectivity index (χ0v) is 20.7. The molecule has 4 aromatic rings. The summed E-state index contributed by atoms with van der Waals surface area (Å²) in [7, 11) is 1.68. The molecule has 1 aliphatic heterocycles. The van der Waals surface area contributed by atoms with Crippen LogP contribution in [0.1, 0.15) is 29.0 Å². The molecular formula is C26H23BrN4OS. The smallest absolute Gasteiger partial charge is 0.174 e. The highest BCUT2D eigenvalue weighted by atomic mass is 79.9. The van der Waals surface area contributed by atoms with Crippen LogP contribution in [0.3, 0.4) is 0 Å². The van der Waals surface area contributed by atoms with Crippen LogP contribution in [0.25, 0.3) is 5.69 Å². The lowest BCUT2D eigenvalue weighted by Gasteiger charge is -2.29. The molecule has 5 nitrogen and oxygen atoms in total. The number of anilines is 1. The highest BCUT2D eigenvalue weighted by Crippen LogP contribution is 2.43. The van der Waals surface area contributed by atoms with E-state index in [4.69, 9.17) is 17.0 Å². The molecule has 2 atom stereocenters. The SMILES string of the molecule is COc1cccc(-n2cccc2[C@H]2[C@@H](c3ccccn3)NC(=S)N2c2ccc(Br)c(C)c2)c1. The summed E-state index contributed by atoms with van der Waals surface area (Å²) < 4.78 is 8.73. The van der Waals surface area contributed by atoms with Crippen LogP contribution in [0.15, 0.2) is 89.7 Å². The first-order chi connectivity index (χ1) is 16.1. The number of pyridine rings is 1. The lowest BCUT2D eigenvalue weighted by molar-refractivity contribution is 0.414. The number of halogens is 1. The van der Waals surface area contributed by atoms with Crippen LogP contribution in [0.4, 0.5) is 5.69 Å². The summed E-state index contributed by atoms with van der Waals surface area (Å²) in [4.78, 5) is 6.85. The van der Waals surface area contributed by atoms with Gasteiger partial charge in [-0.15, -0.1) is 0 Å². The number of hydrogen-bond donors (Lipinski definition) is 1. The fourth-order valence-electron chi connectivity index (χ4n) is 4.34. The summed E-state index contributed by atoms with van der Waals surface area (Å²) in [5.41, 5.74) is 5.26. The van der Waals surface area contributed by atoms with Gasteiger partial charge in [-0.3, -0.25) is 4.98 Å². The Bertz CT molecular complexity index is 1310. The topological polar surface area (TPSA) is 42.3 Å². The zero-order chi connectivity index (χ0) is 22.9. The van der Waals surface area contributed by atoms with Crippen molar-refractivity contribution in [2.45, 2.75) is 19.0 Å². The van der Waals surface area contributed by atoms with Crippen molar-refractivity contribution < 1.29 is 4.74 Å². The monoisotopic (exact) mass is 518 g/mol. The molecule has 5 rings (SSSR count). The van der Waals surface area contributed by atoms with E-state index in [-0.39, 0.29) is 12.1 Å². The van der Waals surface area contributed by atoms with Crippen molar-refractivity contribution in [1.29, 1.82) is 0 Å². The van der Waals surface area contributed by atoms with Crippen LogP contribution < -0.4 is 15.0 Å². The van der Waals surface area contributed by atoms with Gasteiger partial charge in [-0.25, -0.2) is 0 Å². The second kappa shape index (κ2) is 9.00. The van der Waals surface area contributed by atoms with Gasteiger partial charge in [-0.05, 0) is 79.3 Å². The third-order valence-corrected chi connectivity index (χ3v) is 7.14. The predicted molar refractivity (Wildman–Crippen MR) is 139 cm³/mol. The molecule has 0 aliphatic carbocycles. The Balaban J connectivity index is 1.67. The number of rotatable bonds is 5. The number of benzene rings is 2. The molecule has 3 heterocycles. The lowest BCUT2D eigenvalue weighted by Crippen LogP contribution is -2.30. The summed E-state index contributed by atoms with van der Waals surface area (Å²) in [6, 6.07) is 24.4. The normalized spacial score (nSPS) is 17.8. The highest BCUT2D eigenvalue weighted by Gasteiger charge is 2.42. The minimum atomic E-state index is -0.109. The van der Waals surface area contributed by atoms with Crippen LogP contribution in [-0.4, -0.2) is 21.8 Å². The molecule has 1 saturated heterocycles. The van der Waals surface area contributed by atoms with Gasteiger partial charge in [-0.1, -0.05) is 28.1 Å². The molecule has 7 heteroatoms. The molecule has 1 N–H and O–H groups in total. The first-order valence-corrected chi connectivity index (χ1v) is 11.9. The summed E-state index contributed by atoms with van der Waals surface area (Å²) in [6.07, 6.45) is 3.90. The number of methoxy groups -OCH3 is 1. The molecule has 2 aromatic heterocycles. The number of ether oxygens (including phenoxy) is 1. The van der Waals surface area contributed by atoms with Crippen molar-refractivity contribution in [3.8, 4) is 11.4 Å². The molecule has 0 radical (unpaired) electrons. The molecule has 1 fully saturated rings. The first kappa shape index (κ1) is 21.7. The maximum absolute atomic E-state index is 5.87. The van der Waals surface area contributed by atoms with Gasteiger partial charge in [0.1, 0.15) is 11.8 Å². The van der Waals surface area contributed by atoms with Gasteiger partial charge >= 0.3 is 0 Å². The van der Waals surface area contributed by atoms with Crippen molar-refractivity contribution >= 4 is 38.9 Å². The van der Waals surface area contributed by atoms with E-state index in [0.717, 1.165) is 38.5 Å². The van der Waals surface area contributed by atoms with E-state index in [2.05, 4.69) is 85.2 Å². The number of nitrogens with zero attached hydrogens (tertiary/aromatic N) is 3. The van der Waals surface area contributed by atoms with Crippen molar-refractivity contribution in [2.24, 2.45) is 0 Å². The molecule has 0 unspecified atom stereocenters. The quantitative estimate of drug-likeness (QED) is 0.322. The second-order valence-electron chi connectivity index (χ2n) is 7.93. The number of nitrogens with one attached hydrogen (secondary N) is 1. The second-order valence-corrected chi connectivity index (χ2v) is 9.18. The number of thiocarbonyl (C=S) groups is 1. The highest BCUT2D eigenvalue weighted by molar-refractivity contribution is 9.10. The maximum atomic E-state index is 5.87. The molecule has 166 valence electrons. The Morgan fingerprint density at radius 2 is 1.88 bits per heavy atom. The third kappa shape index (κ3) is 4.03. The van der Waals surface area contributed by atoms with Crippen molar-refractivity contribution in [2.75, 3.05) is 12.0 Å². The van der Waals surface area contributed by atoms with Gasteiger partial charge in [0, 0.05) is 40.0 Å². The third-order valence-electron chi connectivity index (χ3n) is 5.93. The largest absolute Gasteiger partial charge is 0.497 e. The van der Waals surface area contributed by atoms with E-state index in [1.807, 2.05) is 42.6 Å². The molecule has 0 bridgehead atoms. The Kier molecular flexibility index (Phi) is 5.91. The molecule has 33 heavy (non-hydrogen) atoms. The summed E-state index contributed by atoms with van der Waals surface area (Å²) in [5, 5.41) is 4.21. The van der Waals surface area contributed by atoms with Crippen LogP contribution in [-0.2, 0) is 0 Å². The van der Waals surface area contributed by atoms with Crippen LogP contribution >= 0.6 is 28.1 Å². The van der Waals surface area contributed by atoms with E-state index in [9.17, 15) is 0 Å². The molecule has 0 saturated carbocycles. The molecule has 0 amide bonds. The van der Waals surface area contributed by atoms with Crippen molar-refractivity contribution in [3.63, 3.8) is 0 Å². The summed E-state index contributed by atoms with van der Waals surface area (Å²) >= 11 is 9.49.